The first-order chi connectivity index (χ1) is 12.3. The molecule has 0 saturated carbocycles. The molecule has 6 heteroatoms. The van der Waals surface area contributed by atoms with E-state index in [2.05, 4.69) is 0 Å². The van der Waals surface area contributed by atoms with Gasteiger partial charge in [-0.05, 0) is 42.7 Å². The van der Waals surface area contributed by atoms with Crippen LogP contribution in [0.4, 0.5) is 5.69 Å². The molecule has 2 heterocycles. The van der Waals surface area contributed by atoms with Crippen LogP contribution in [0.2, 0.25) is 0 Å². The van der Waals surface area contributed by atoms with Gasteiger partial charge in [-0.2, -0.15) is 0 Å². The number of aliphatic hydroxyl groups excluding tert-OH is 1. The minimum absolute atomic E-state index is 0.000411. The summed E-state index contributed by atoms with van der Waals surface area (Å²) >= 11 is 0. The normalized spacial score (nSPS) is 17.5. The second kappa shape index (κ2) is 6.71. The van der Waals surface area contributed by atoms with E-state index in [1.807, 2.05) is 20.8 Å². The van der Waals surface area contributed by atoms with Crippen LogP contribution in [-0.4, -0.2) is 21.9 Å². The maximum atomic E-state index is 12.8. The maximum absolute atomic E-state index is 12.8. The number of aromatic hydroxyl groups is 1. The fourth-order valence-corrected chi connectivity index (χ4v) is 3.16. The lowest BCUT2D eigenvalue weighted by Gasteiger charge is -2.26. The molecular weight excluding hydrogens is 334 g/mol. The first kappa shape index (κ1) is 17.8. The average Bonchev–Trinajstić information content (AvgIpc) is 3.17. The van der Waals surface area contributed by atoms with Gasteiger partial charge in [0.05, 0.1) is 17.5 Å². The number of furan rings is 1. The number of benzene rings is 1. The Morgan fingerprint density at radius 2 is 2.00 bits per heavy atom. The number of aliphatic hydroxyl groups is 1. The summed E-state index contributed by atoms with van der Waals surface area (Å²) < 4.78 is 5.45. The molecule has 0 aliphatic carbocycles. The molecule has 3 rings (SSSR count). The molecule has 0 fully saturated rings. The number of carbonyl (C=O) groups excluding carboxylic acids is 2. The number of aryl methyl sites for hydroxylation is 1. The predicted octanol–water partition coefficient (Wildman–Crippen LogP) is 3.81. The Balaban J connectivity index is 2.15. The van der Waals surface area contributed by atoms with Crippen LogP contribution >= 0.6 is 0 Å². The van der Waals surface area contributed by atoms with Crippen LogP contribution in [0.25, 0.3) is 0 Å². The fraction of sp³-hybridized carbons (Fsp3) is 0.300. The van der Waals surface area contributed by atoms with Crippen molar-refractivity contribution in [2.75, 3.05) is 4.90 Å². The molecule has 136 valence electrons. The first-order valence-corrected chi connectivity index (χ1v) is 8.44. The van der Waals surface area contributed by atoms with E-state index >= 15 is 0 Å². The maximum Gasteiger partial charge on any atom is 0.294 e. The molecular formula is C20H21NO5. The predicted molar refractivity (Wildman–Crippen MR) is 95.9 cm³/mol. The summed E-state index contributed by atoms with van der Waals surface area (Å²) in [5.41, 5.74) is 1.04. The Hall–Kier alpha value is -3.02. The molecule has 0 radical (unpaired) electrons. The molecule has 1 unspecified atom stereocenters. The smallest absolute Gasteiger partial charge is 0.294 e. The number of carbonyl (C=O) groups is 2. The zero-order valence-corrected chi connectivity index (χ0v) is 14.9. The number of ketones is 1. The van der Waals surface area contributed by atoms with E-state index < -0.39 is 17.7 Å². The number of nitrogens with zero attached hydrogens (tertiary/aromatic N) is 1. The van der Waals surface area contributed by atoms with Crippen LogP contribution in [-0.2, 0) is 9.59 Å². The summed E-state index contributed by atoms with van der Waals surface area (Å²) in [5.74, 6) is -1.36. The van der Waals surface area contributed by atoms with E-state index in [9.17, 15) is 19.8 Å². The van der Waals surface area contributed by atoms with Gasteiger partial charge in [-0.25, -0.2) is 0 Å². The summed E-state index contributed by atoms with van der Waals surface area (Å²) in [5, 5.41) is 20.7. The Labute approximate surface area is 151 Å². The number of amides is 1. The van der Waals surface area contributed by atoms with Gasteiger partial charge in [0.15, 0.2) is 11.5 Å². The van der Waals surface area contributed by atoms with Gasteiger partial charge in [0.1, 0.15) is 17.6 Å². The van der Waals surface area contributed by atoms with Crippen molar-refractivity contribution in [2.45, 2.75) is 33.2 Å². The molecule has 0 bridgehead atoms. The lowest BCUT2D eigenvalue weighted by atomic mass is 9.95. The Kier molecular flexibility index (Phi) is 4.59. The zero-order valence-electron chi connectivity index (χ0n) is 14.9. The Morgan fingerprint density at radius 3 is 2.62 bits per heavy atom. The van der Waals surface area contributed by atoms with E-state index in [1.54, 1.807) is 24.3 Å². The molecule has 1 aliphatic heterocycles. The minimum atomic E-state index is -0.920. The highest BCUT2D eigenvalue weighted by atomic mass is 16.3. The molecule has 1 amide bonds. The summed E-state index contributed by atoms with van der Waals surface area (Å²) in [6.45, 7) is 5.60. The average molecular weight is 355 g/mol. The van der Waals surface area contributed by atoms with Crippen molar-refractivity contribution in [3.05, 3.63) is 59.3 Å². The Bertz CT molecular complexity index is 880. The third kappa shape index (κ3) is 2.98. The number of phenolic OH excluding ortho intramolecular Hbond substituents is 1. The highest BCUT2D eigenvalue weighted by molar-refractivity contribution is 6.16. The molecule has 1 aliphatic rings. The third-order valence-corrected chi connectivity index (χ3v) is 4.31. The van der Waals surface area contributed by atoms with Crippen LogP contribution in [0.5, 0.6) is 5.75 Å². The summed E-state index contributed by atoms with van der Waals surface area (Å²) in [4.78, 5) is 26.7. The van der Waals surface area contributed by atoms with Crippen LogP contribution in [0.1, 0.15) is 37.6 Å². The summed E-state index contributed by atoms with van der Waals surface area (Å²) in [6, 6.07) is 7.18. The molecule has 2 aromatic rings. The van der Waals surface area contributed by atoms with Gasteiger partial charge in [-0.1, -0.05) is 19.9 Å². The Morgan fingerprint density at radius 1 is 1.27 bits per heavy atom. The number of Topliss-reactive ketones (excluding diaryl/α,β-unsaturated/α-hetero) is 1. The first-order valence-electron chi connectivity index (χ1n) is 8.44. The van der Waals surface area contributed by atoms with Gasteiger partial charge in [-0.15, -0.1) is 0 Å². The SMILES string of the molecule is Cc1ccc(O)c(N2C(=O)C(O)=C(C(=O)CC(C)C)C2c2ccco2)c1. The number of rotatable bonds is 5. The van der Waals surface area contributed by atoms with Crippen molar-refractivity contribution >= 4 is 17.4 Å². The second-order valence-corrected chi connectivity index (χ2v) is 6.87. The topological polar surface area (TPSA) is 91.0 Å². The molecule has 0 spiro atoms. The van der Waals surface area contributed by atoms with Crippen LogP contribution in [0, 0.1) is 12.8 Å². The molecule has 6 nitrogen and oxygen atoms in total. The van der Waals surface area contributed by atoms with E-state index in [4.69, 9.17) is 4.42 Å². The molecule has 26 heavy (non-hydrogen) atoms. The molecule has 2 N–H and O–H groups in total. The number of hydrogen-bond acceptors (Lipinski definition) is 5. The van der Waals surface area contributed by atoms with E-state index in [-0.39, 0.29) is 35.1 Å². The number of anilines is 1. The third-order valence-electron chi connectivity index (χ3n) is 4.31. The van der Waals surface area contributed by atoms with Gasteiger partial charge in [0.2, 0.25) is 0 Å². The number of phenols is 1. The largest absolute Gasteiger partial charge is 0.506 e. The summed E-state index contributed by atoms with van der Waals surface area (Å²) in [7, 11) is 0. The van der Waals surface area contributed by atoms with Crippen LogP contribution < -0.4 is 4.90 Å². The molecule has 1 atom stereocenters. The van der Waals surface area contributed by atoms with E-state index in [0.29, 0.717) is 5.76 Å². The fourth-order valence-electron chi connectivity index (χ4n) is 3.16. The molecule has 0 saturated heterocycles. The van der Waals surface area contributed by atoms with Crippen molar-refractivity contribution in [3.8, 4) is 5.75 Å². The molecule has 1 aromatic carbocycles. The van der Waals surface area contributed by atoms with Crippen molar-refractivity contribution < 1.29 is 24.2 Å². The lowest BCUT2D eigenvalue weighted by Crippen LogP contribution is -2.31. The monoisotopic (exact) mass is 355 g/mol. The van der Waals surface area contributed by atoms with Crippen molar-refractivity contribution in [3.63, 3.8) is 0 Å². The highest BCUT2D eigenvalue weighted by Crippen LogP contribution is 2.44. The van der Waals surface area contributed by atoms with Gasteiger partial charge >= 0.3 is 0 Å². The van der Waals surface area contributed by atoms with Crippen molar-refractivity contribution in [1.82, 2.24) is 0 Å². The van der Waals surface area contributed by atoms with Gasteiger partial charge in [0.25, 0.3) is 5.91 Å². The quantitative estimate of drug-likeness (QED) is 0.851. The van der Waals surface area contributed by atoms with Crippen LogP contribution in [0.15, 0.2) is 52.3 Å². The lowest BCUT2D eigenvalue weighted by molar-refractivity contribution is -0.118. The standard InChI is InChI=1S/C20H21NO5/c1-11(2)9-15(23)17-18(16-5-4-8-26-16)21(20(25)19(17)24)13-10-12(3)6-7-14(13)22/h4-8,10-11,18,22,24H,9H2,1-3H3. The van der Waals surface area contributed by atoms with Crippen molar-refractivity contribution in [2.24, 2.45) is 5.92 Å². The second-order valence-electron chi connectivity index (χ2n) is 6.87. The van der Waals surface area contributed by atoms with Crippen LogP contribution in [0.3, 0.4) is 0 Å². The zero-order chi connectivity index (χ0) is 19.0. The van der Waals surface area contributed by atoms with Gasteiger partial charge in [0, 0.05) is 6.42 Å². The number of hydrogen-bond donors (Lipinski definition) is 2. The highest BCUT2D eigenvalue weighted by Gasteiger charge is 2.46. The van der Waals surface area contributed by atoms with Crippen molar-refractivity contribution in [1.29, 1.82) is 0 Å². The minimum Gasteiger partial charge on any atom is -0.506 e. The van der Waals surface area contributed by atoms with Gasteiger partial charge in [-0.3, -0.25) is 14.5 Å². The van der Waals surface area contributed by atoms with Gasteiger partial charge < -0.3 is 14.6 Å². The van der Waals surface area contributed by atoms with E-state index in [0.717, 1.165) is 5.56 Å². The van der Waals surface area contributed by atoms with E-state index in [1.165, 1.54) is 17.2 Å². The summed E-state index contributed by atoms with van der Waals surface area (Å²) in [6.07, 6.45) is 1.63. The molecule has 1 aromatic heterocycles.